The Labute approximate surface area is 269 Å². The molecule has 2 heterocycles. The summed E-state index contributed by atoms with van der Waals surface area (Å²) in [5.74, 6) is 2.48. The molecular formula is C36H47ClN2O5. The molecule has 2 aromatic carbocycles. The third-order valence-corrected chi connectivity index (χ3v) is 8.19. The quantitative estimate of drug-likeness (QED) is 0.166. The first kappa shape index (κ1) is 35.5. The van der Waals surface area contributed by atoms with Crippen molar-refractivity contribution in [3.8, 4) is 12.3 Å². The molecule has 0 saturated carbocycles. The lowest BCUT2D eigenvalue weighted by Gasteiger charge is -2.27. The van der Waals surface area contributed by atoms with Crippen molar-refractivity contribution < 1.29 is 41.0 Å². The van der Waals surface area contributed by atoms with Crippen LogP contribution in [0.5, 0.6) is 0 Å². The van der Waals surface area contributed by atoms with Gasteiger partial charge in [0.2, 0.25) is 5.69 Å². The SMILES string of the molecule is C#CCOCCOCCN1/C(=C/C=C/C2=[N+](CCOCCOCCO)c3ccccc3C2(C)C)C(C)(C)c2ccccc21.[Cl-]. The van der Waals surface area contributed by atoms with Gasteiger partial charge < -0.3 is 41.4 Å². The van der Waals surface area contributed by atoms with Gasteiger partial charge in [-0.1, -0.05) is 62.2 Å². The van der Waals surface area contributed by atoms with Crippen molar-refractivity contribution in [3.63, 3.8) is 0 Å². The number of benzene rings is 2. The van der Waals surface area contributed by atoms with E-state index in [9.17, 15) is 0 Å². The fourth-order valence-electron chi connectivity index (χ4n) is 6.04. The molecule has 0 unspecified atom stereocenters. The first-order chi connectivity index (χ1) is 20.8. The highest BCUT2D eigenvalue weighted by atomic mass is 35.5. The van der Waals surface area contributed by atoms with Gasteiger partial charge in [-0.05, 0) is 31.6 Å². The molecule has 8 heteroatoms. The molecule has 0 aromatic heterocycles. The summed E-state index contributed by atoms with van der Waals surface area (Å²) in [7, 11) is 0. The van der Waals surface area contributed by atoms with E-state index in [0.29, 0.717) is 52.9 Å². The zero-order valence-corrected chi connectivity index (χ0v) is 27.3. The van der Waals surface area contributed by atoms with Crippen molar-refractivity contribution in [1.29, 1.82) is 0 Å². The third-order valence-electron chi connectivity index (χ3n) is 8.19. The van der Waals surface area contributed by atoms with Gasteiger partial charge in [0.15, 0.2) is 12.3 Å². The molecule has 7 nitrogen and oxygen atoms in total. The van der Waals surface area contributed by atoms with Crippen LogP contribution in [0.15, 0.2) is 72.5 Å². The maximum atomic E-state index is 8.89. The van der Waals surface area contributed by atoms with Crippen molar-refractivity contribution in [2.75, 3.05) is 77.5 Å². The molecule has 0 radical (unpaired) electrons. The number of aliphatic hydroxyl groups is 1. The Morgan fingerprint density at radius 1 is 0.818 bits per heavy atom. The zero-order valence-electron chi connectivity index (χ0n) is 26.6. The maximum absolute atomic E-state index is 8.89. The number of fused-ring (bicyclic) bond motifs is 2. The number of aliphatic hydroxyl groups excluding tert-OH is 1. The van der Waals surface area contributed by atoms with Crippen LogP contribution in [-0.4, -0.2) is 87.9 Å². The zero-order chi connectivity index (χ0) is 30.7. The summed E-state index contributed by atoms with van der Waals surface area (Å²) in [6, 6.07) is 17.3. The number of para-hydroxylation sites is 2. The molecule has 0 atom stereocenters. The molecule has 0 spiro atoms. The molecule has 1 N–H and O–H groups in total. The molecule has 4 rings (SSSR count). The molecular weight excluding hydrogens is 576 g/mol. The largest absolute Gasteiger partial charge is 1.00 e. The minimum atomic E-state index is -0.154. The van der Waals surface area contributed by atoms with E-state index in [-0.39, 0.29) is 29.8 Å². The van der Waals surface area contributed by atoms with E-state index >= 15 is 0 Å². The minimum Gasteiger partial charge on any atom is -1.00 e. The summed E-state index contributed by atoms with van der Waals surface area (Å²) in [6.07, 6.45) is 12.0. The van der Waals surface area contributed by atoms with Crippen molar-refractivity contribution in [2.24, 2.45) is 0 Å². The van der Waals surface area contributed by atoms with Crippen LogP contribution in [-0.2, 0) is 29.8 Å². The molecule has 238 valence electrons. The molecule has 2 aliphatic rings. The van der Waals surface area contributed by atoms with Gasteiger partial charge in [-0.25, -0.2) is 0 Å². The van der Waals surface area contributed by atoms with Gasteiger partial charge >= 0.3 is 0 Å². The van der Waals surface area contributed by atoms with Gasteiger partial charge in [0.1, 0.15) is 13.2 Å². The number of anilines is 1. The van der Waals surface area contributed by atoms with Gasteiger partial charge in [0.25, 0.3) is 0 Å². The second-order valence-electron chi connectivity index (χ2n) is 11.7. The summed E-state index contributed by atoms with van der Waals surface area (Å²) >= 11 is 0. The Balaban J connectivity index is 0.00000529. The normalized spacial score (nSPS) is 17.2. The third kappa shape index (κ3) is 8.19. The standard InChI is InChI=1S/C36H47N2O5.ClH/c1-6-21-40-25-26-41-22-18-37-31-14-9-7-12-29(31)35(2,3)33(37)16-11-17-34-36(4,5)30-13-8-10-15-32(30)38(34)19-23-42-27-28-43-24-20-39;/h1,7-17,39H,18-28H2,2-5H3;1H/q+1;/p-1. The Bertz CT molecular complexity index is 1360. The van der Waals surface area contributed by atoms with Crippen LogP contribution in [0.1, 0.15) is 38.8 Å². The molecule has 0 fully saturated rings. The first-order valence-corrected chi connectivity index (χ1v) is 15.2. The molecule has 0 amide bonds. The van der Waals surface area contributed by atoms with E-state index in [1.807, 2.05) is 0 Å². The minimum absolute atomic E-state index is 0. The highest BCUT2D eigenvalue weighted by Crippen LogP contribution is 2.47. The molecule has 0 saturated heterocycles. The number of ether oxygens (including phenoxy) is 4. The number of terminal acetylenes is 1. The highest BCUT2D eigenvalue weighted by molar-refractivity contribution is 6.03. The fraction of sp³-hybridized carbons (Fsp3) is 0.472. The van der Waals surface area contributed by atoms with Gasteiger partial charge in [-0.15, -0.1) is 6.42 Å². The molecule has 44 heavy (non-hydrogen) atoms. The van der Waals surface area contributed by atoms with E-state index in [1.165, 1.54) is 33.9 Å². The Kier molecular flexibility index (Phi) is 13.7. The fourth-order valence-corrected chi connectivity index (χ4v) is 6.04. The van der Waals surface area contributed by atoms with Crippen LogP contribution in [0.25, 0.3) is 0 Å². The topological polar surface area (TPSA) is 63.4 Å². The van der Waals surface area contributed by atoms with Gasteiger partial charge in [0, 0.05) is 41.1 Å². The smallest absolute Gasteiger partial charge is 0.209 e. The summed E-state index contributed by atoms with van der Waals surface area (Å²) in [4.78, 5) is 2.38. The lowest BCUT2D eigenvalue weighted by molar-refractivity contribution is -0.442. The highest BCUT2D eigenvalue weighted by Gasteiger charge is 2.44. The average molecular weight is 623 g/mol. The first-order valence-electron chi connectivity index (χ1n) is 15.2. The van der Waals surface area contributed by atoms with Crippen LogP contribution in [0.3, 0.4) is 0 Å². The van der Waals surface area contributed by atoms with Gasteiger partial charge in [-0.3, -0.25) is 0 Å². The van der Waals surface area contributed by atoms with Crippen molar-refractivity contribution in [1.82, 2.24) is 0 Å². The van der Waals surface area contributed by atoms with Crippen LogP contribution < -0.4 is 17.3 Å². The summed E-state index contributed by atoms with van der Waals surface area (Å²) in [5.41, 5.74) is 7.24. The number of nitrogens with zero attached hydrogens (tertiary/aromatic N) is 2. The van der Waals surface area contributed by atoms with Crippen LogP contribution >= 0.6 is 0 Å². The van der Waals surface area contributed by atoms with E-state index in [4.69, 9.17) is 30.5 Å². The van der Waals surface area contributed by atoms with Crippen molar-refractivity contribution in [3.05, 3.63) is 83.6 Å². The Hall–Kier alpha value is -2.96. The lowest BCUT2D eigenvalue weighted by atomic mass is 9.81. The second kappa shape index (κ2) is 16.9. The Morgan fingerprint density at radius 3 is 2.18 bits per heavy atom. The predicted octanol–water partition coefficient (Wildman–Crippen LogP) is 2.00. The van der Waals surface area contributed by atoms with E-state index < -0.39 is 0 Å². The Morgan fingerprint density at radius 2 is 1.45 bits per heavy atom. The molecule has 2 aromatic rings. The number of hydrogen-bond acceptors (Lipinski definition) is 6. The van der Waals surface area contributed by atoms with E-state index in [1.54, 1.807) is 0 Å². The number of allylic oxidation sites excluding steroid dienone is 4. The molecule has 0 bridgehead atoms. The van der Waals surface area contributed by atoms with E-state index in [0.717, 1.165) is 13.1 Å². The van der Waals surface area contributed by atoms with Gasteiger partial charge in [0.05, 0.1) is 51.7 Å². The maximum Gasteiger partial charge on any atom is 0.209 e. The summed E-state index contributed by atoms with van der Waals surface area (Å²) in [5, 5.41) is 8.89. The van der Waals surface area contributed by atoms with Crippen molar-refractivity contribution in [2.45, 2.75) is 38.5 Å². The number of rotatable bonds is 17. The van der Waals surface area contributed by atoms with Crippen molar-refractivity contribution >= 4 is 17.1 Å². The number of halogens is 1. The summed E-state index contributed by atoms with van der Waals surface area (Å²) in [6.45, 7) is 14.5. The number of hydrogen-bond donors (Lipinski definition) is 1. The molecule has 0 aliphatic carbocycles. The second-order valence-corrected chi connectivity index (χ2v) is 11.7. The van der Waals surface area contributed by atoms with Crippen LogP contribution in [0.4, 0.5) is 11.4 Å². The molecule has 2 aliphatic heterocycles. The van der Waals surface area contributed by atoms with Gasteiger partial charge in [-0.2, -0.15) is 4.58 Å². The summed E-state index contributed by atoms with van der Waals surface area (Å²) < 4.78 is 24.8. The monoisotopic (exact) mass is 622 g/mol. The lowest BCUT2D eigenvalue weighted by Crippen LogP contribution is -3.00. The van der Waals surface area contributed by atoms with Crippen LogP contribution in [0.2, 0.25) is 0 Å². The average Bonchev–Trinajstić information content (AvgIpc) is 3.35. The predicted molar refractivity (Wildman–Crippen MR) is 172 cm³/mol. The van der Waals surface area contributed by atoms with E-state index in [2.05, 4.69) is 110 Å². The van der Waals surface area contributed by atoms with Crippen LogP contribution in [0, 0.1) is 12.3 Å².